The molecule has 0 spiro atoms. The van der Waals surface area contributed by atoms with Crippen LogP contribution in [-0.2, 0) is 18.4 Å². The van der Waals surface area contributed by atoms with Crippen molar-refractivity contribution < 1.29 is 9.53 Å². The van der Waals surface area contributed by atoms with E-state index in [1.54, 1.807) is 14.0 Å². The van der Waals surface area contributed by atoms with Crippen LogP contribution in [0.2, 0.25) is 10.2 Å². The van der Waals surface area contributed by atoms with Crippen LogP contribution in [0.25, 0.3) is 10.6 Å². The molecule has 24 heavy (non-hydrogen) atoms. The van der Waals surface area contributed by atoms with Gasteiger partial charge in [0.2, 0.25) is 0 Å². The minimum Gasteiger partial charge on any atom is -0.455 e. The summed E-state index contributed by atoms with van der Waals surface area (Å²) in [6, 6.07) is 7.47. The molecule has 0 saturated carbocycles. The van der Waals surface area contributed by atoms with Crippen molar-refractivity contribution in [3.63, 3.8) is 0 Å². The highest BCUT2D eigenvalue weighted by Gasteiger charge is 2.20. The molecule has 8 heteroatoms. The van der Waals surface area contributed by atoms with Gasteiger partial charge in [0.05, 0.1) is 16.4 Å². The molecule has 0 aliphatic rings. The van der Waals surface area contributed by atoms with Crippen molar-refractivity contribution >= 4 is 40.5 Å². The maximum absolute atomic E-state index is 12.2. The molecule has 2 aromatic heterocycles. The molecule has 0 radical (unpaired) electrons. The Kier molecular flexibility index (Phi) is 4.89. The largest absolute Gasteiger partial charge is 0.455 e. The Bertz CT molecular complexity index is 905. The zero-order valence-corrected chi connectivity index (χ0v) is 15.2. The van der Waals surface area contributed by atoms with E-state index in [2.05, 4.69) is 10.1 Å². The summed E-state index contributed by atoms with van der Waals surface area (Å²) in [5.41, 5.74) is 2.32. The molecular weight excluding hydrogens is 369 g/mol. The molecule has 0 N–H and O–H groups in total. The van der Waals surface area contributed by atoms with E-state index >= 15 is 0 Å². The van der Waals surface area contributed by atoms with Gasteiger partial charge >= 0.3 is 5.97 Å². The molecule has 0 unspecified atom stereocenters. The summed E-state index contributed by atoms with van der Waals surface area (Å²) < 4.78 is 6.74. The average Bonchev–Trinajstić information content (AvgIpc) is 3.11. The van der Waals surface area contributed by atoms with Crippen LogP contribution in [0.15, 0.2) is 29.6 Å². The van der Waals surface area contributed by atoms with Gasteiger partial charge in [-0.1, -0.05) is 41.4 Å². The number of benzene rings is 1. The number of halogens is 2. The van der Waals surface area contributed by atoms with Gasteiger partial charge in [0.1, 0.15) is 22.3 Å². The lowest BCUT2D eigenvalue weighted by Crippen LogP contribution is -2.07. The quantitative estimate of drug-likeness (QED) is 0.623. The molecule has 0 saturated heterocycles. The summed E-state index contributed by atoms with van der Waals surface area (Å²) in [4.78, 5) is 16.7. The molecule has 0 aliphatic heterocycles. The fourth-order valence-corrected chi connectivity index (χ4v) is 3.58. The van der Waals surface area contributed by atoms with E-state index in [-0.39, 0.29) is 17.3 Å². The number of aryl methyl sites for hydroxylation is 2. The third kappa shape index (κ3) is 3.31. The molecule has 124 valence electrons. The molecule has 3 aromatic rings. The zero-order valence-electron chi connectivity index (χ0n) is 12.9. The number of thiazole rings is 1. The van der Waals surface area contributed by atoms with Gasteiger partial charge in [-0.15, -0.1) is 11.3 Å². The van der Waals surface area contributed by atoms with Crippen molar-refractivity contribution in [3.05, 3.63) is 56.8 Å². The Balaban J connectivity index is 1.72. The number of esters is 1. The molecule has 0 fully saturated rings. The molecule has 0 bridgehead atoms. The number of carbonyl (C=O) groups excluding carboxylic acids is 1. The highest BCUT2D eigenvalue weighted by Crippen LogP contribution is 2.30. The lowest BCUT2D eigenvalue weighted by molar-refractivity contribution is 0.0468. The number of nitrogens with zero attached hydrogens (tertiary/aromatic N) is 3. The monoisotopic (exact) mass is 381 g/mol. The van der Waals surface area contributed by atoms with Crippen molar-refractivity contribution in [1.82, 2.24) is 14.8 Å². The lowest BCUT2D eigenvalue weighted by atomic mass is 10.2. The first-order valence-corrected chi connectivity index (χ1v) is 8.66. The first kappa shape index (κ1) is 17.0. The SMILES string of the molecule is Cc1nn(C)c(Cl)c1C(=O)OCc1csc(-c2ccccc2Cl)n1. The Labute approximate surface area is 152 Å². The molecule has 2 heterocycles. The summed E-state index contributed by atoms with van der Waals surface area (Å²) >= 11 is 13.7. The molecule has 0 atom stereocenters. The number of aromatic nitrogens is 3. The molecule has 0 amide bonds. The second-order valence-electron chi connectivity index (χ2n) is 5.07. The second kappa shape index (κ2) is 6.93. The minimum atomic E-state index is -0.516. The van der Waals surface area contributed by atoms with E-state index in [9.17, 15) is 4.79 Å². The van der Waals surface area contributed by atoms with Gasteiger partial charge in [0.15, 0.2) is 0 Å². The van der Waals surface area contributed by atoms with Gasteiger partial charge < -0.3 is 4.74 Å². The first-order valence-electron chi connectivity index (χ1n) is 7.03. The third-order valence-electron chi connectivity index (χ3n) is 3.36. The number of ether oxygens (including phenoxy) is 1. The maximum atomic E-state index is 12.2. The number of hydrogen-bond donors (Lipinski definition) is 0. The van der Waals surface area contributed by atoms with E-state index in [0.29, 0.717) is 16.4 Å². The lowest BCUT2D eigenvalue weighted by Gasteiger charge is -2.02. The van der Waals surface area contributed by atoms with Gasteiger partial charge in [0, 0.05) is 18.0 Å². The summed E-state index contributed by atoms with van der Waals surface area (Å²) in [6.45, 7) is 1.77. The van der Waals surface area contributed by atoms with Crippen LogP contribution in [0.5, 0.6) is 0 Å². The average molecular weight is 382 g/mol. The predicted octanol–water partition coefficient (Wildman–Crippen LogP) is 4.52. The zero-order chi connectivity index (χ0) is 17.3. The molecule has 3 rings (SSSR count). The van der Waals surface area contributed by atoms with E-state index in [4.69, 9.17) is 27.9 Å². The number of carbonyl (C=O) groups is 1. The Morgan fingerprint density at radius 2 is 2.08 bits per heavy atom. The summed E-state index contributed by atoms with van der Waals surface area (Å²) in [7, 11) is 1.67. The van der Waals surface area contributed by atoms with Gasteiger partial charge in [-0.2, -0.15) is 5.10 Å². The predicted molar refractivity (Wildman–Crippen MR) is 94.6 cm³/mol. The van der Waals surface area contributed by atoms with Gasteiger partial charge in [-0.3, -0.25) is 4.68 Å². The van der Waals surface area contributed by atoms with E-state index in [0.717, 1.165) is 10.6 Å². The van der Waals surface area contributed by atoms with Crippen LogP contribution in [0.4, 0.5) is 0 Å². The van der Waals surface area contributed by atoms with Crippen molar-refractivity contribution in [2.24, 2.45) is 7.05 Å². The van der Waals surface area contributed by atoms with Crippen LogP contribution in [-0.4, -0.2) is 20.7 Å². The molecular formula is C16H13Cl2N3O2S. The second-order valence-corrected chi connectivity index (χ2v) is 6.70. The summed E-state index contributed by atoms with van der Waals surface area (Å²) in [5.74, 6) is -0.516. The smallest absolute Gasteiger partial charge is 0.343 e. The van der Waals surface area contributed by atoms with Gasteiger partial charge in [-0.25, -0.2) is 9.78 Å². The fraction of sp³-hybridized carbons (Fsp3) is 0.188. The third-order valence-corrected chi connectivity index (χ3v) is 5.05. The minimum absolute atomic E-state index is 0.0600. The molecule has 1 aromatic carbocycles. The summed E-state index contributed by atoms with van der Waals surface area (Å²) in [5, 5.41) is 7.60. The highest BCUT2D eigenvalue weighted by atomic mass is 35.5. The fourth-order valence-electron chi connectivity index (χ4n) is 2.21. The van der Waals surface area contributed by atoms with Crippen LogP contribution < -0.4 is 0 Å². The van der Waals surface area contributed by atoms with Crippen LogP contribution in [0, 0.1) is 6.92 Å². The number of rotatable bonds is 4. The van der Waals surface area contributed by atoms with E-state index < -0.39 is 5.97 Å². The van der Waals surface area contributed by atoms with Crippen molar-refractivity contribution in [2.75, 3.05) is 0 Å². The highest BCUT2D eigenvalue weighted by molar-refractivity contribution is 7.13. The summed E-state index contributed by atoms with van der Waals surface area (Å²) in [6.07, 6.45) is 0. The standard InChI is InChI=1S/C16H13Cl2N3O2S/c1-9-13(14(18)21(2)20-9)16(22)23-7-10-8-24-15(19-10)11-5-3-4-6-12(11)17/h3-6,8H,7H2,1-2H3. The van der Waals surface area contributed by atoms with Crippen LogP contribution >= 0.6 is 34.5 Å². The first-order chi connectivity index (χ1) is 11.5. The van der Waals surface area contributed by atoms with Crippen molar-refractivity contribution in [1.29, 1.82) is 0 Å². The van der Waals surface area contributed by atoms with Crippen molar-refractivity contribution in [2.45, 2.75) is 13.5 Å². The molecule has 0 aliphatic carbocycles. The number of hydrogen-bond acceptors (Lipinski definition) is 5. The van der Waals surface area contributed by atoms with Gasteiger partial charge in [0.25, 0.3) is 0 Å². The van der Waals surface area contributed by atoms with Crippen LogP contribution in [0.3, 0.4) is 0 Å². The molecule has 5 nitrogen and oxygen atoms in total. The normalized spacial score (nSPS) is 10.8. The van der Waals surface area contributed by atoms with Crippen molar-refractivity contribution in [3.8, 4) is 10.6 Å². The Hall–Kier alpha value is -1.89. The Morgan fingerprint density at radius 3 is 2.75 bits per heavy atom. The maximum Gasteiger partial charge on any atom is 0.343 e. The van der Waals surface area contributed by atoms with Crippen LogP contribution in [0.1, 0.15) is 21.7 Å². The van der Waals surface area contributed by atoms with Gasteiger partial charge in [-0.05, 0) is 13.0 Å². The topological polar surface area (TPSA) is 57.0 Å². The van der Waals surface area contributed by atoms with E-state index in [1.165, 1.54) is 16.0 Å². The Morgan fingerprint density at radius 1 is 1.33 bits per heavy atom. The van der Waals surface area contributed by atoms with E-state index in [1.807, 2.05) is 29.6 Å².